The molecule has 1 saturated heterocycles. The summed E-state index contributed by atoms with van der Waals surface area (Å²) in [5.74, 6) is 0.00388. The zero-order chi connectivity index (χ0) is 16.3. The molecule has 1 amide bonds. The molecule has 1 aromatic rings. The van der Waals surface area contributed by atoms with Crippen LogP contribution in [0.15, 0.2) is 18.2 Å². The number of sulfonamides is 1. The number of halogens is 2. The predicted molar refractivity (Wildman–Crippen MR) is 87.8 cm³/mol. The Morgan fingerprint density at radius 2 is 1.82 bits per heavy atom. The topological polar surface area (TPSA) is 57.7 Å². The van der Waals surface area contributed by atoms with E-state index in [1.807, 2.05) is 6.07 Å². The van der Waals surface area contributed by atoms with E-state index < -0.39 is 10.0 Å². The van der Waals surface area contributed by atoms with Crippen LogP contribution in [0.3, 0.4) is 0 Å². The van der Waals surface area contributed by atoms with Crippen LogP contribution >= 0.6 is 23.2 Å². The number of amides is 1. The summed E-state index contributed by atoms with van der Waals surface area (Å²) in [5.41, 5.74) is 0.845. The number of carbonyl (C=O) groups excluding carboxylic acids is 1. The highest BCUT2D eigenvalue weighted by Gasteiger charge is 2.25. The Hall–Kier alpha value is -0.820. The van der Waals surface area contributed by atoms with Gasteiger partial charge in [0.15, 0.2) is 0 Å². The second-order valence-corrected chi connectivity index (χ2v) is 8.02. The number of piperazine rings is 1. The van der Waals surface area contributed by atoms with Gasteiger partial charge < -0.3 is 4.90 Å². The van der Waals surface area contributed by atoms with Crippen molar-refractivity contribution in [2.24, 2.45) is 0 Å². The largest absolute Gasteiger partial charge is 0.340 e. The van der Waals surface area contributed by atoms with E-state index in [1.54, 1.807) is 17.0 Å². The number of benzene rings is 1. The van der Waals surface area contributed by atoms with Gasteiger partial charge in [-0.15, -0.1) is 0 Å². The quantitative estimate of drug-likeness (QED) is 0.821. The summed E-state index contributed by atoms with van der Waals surface area (Å²) >= 11 is 12.0. The van der Waals surface area contributed by atoms with Crippen molar-refractivity contribution in [1.29, 1.82) is 0 Å². The molecule has 8 heteroatoms. The molecule has 0 N–H and O–H groups in total. The molecule has 0 radical (unpaired) electrons. The lowest BCUT2D eigenvalue weighted by Gasteiger charge is -2.33. The van der Waals surface area contributed by atoms with E-state index in [-0.39, 0.29) is 5.91 Å². The lowest BCUT2D eigenvalue weighted by atomic mass is 10.1. The molecule has 2 rings (SSSR count). The summed E-state index contributed by atoms with van der Waals surface area (Å²) in [6, 6.07) is 5.36. The molecular formula is C14H18Cl2N2O3S. The van der Waals surface area contributed by atoms with Crippen molar-refractivity contribution in [1.82, 2.24) is 9.21 Å². The number of rotatable bonds is 4. The first-order valence-electron chi connectivity index (χ1n) is 6.95. The highest BCUT2D eigenvalue weighted by Crippen LogP contribution is 2.26. The van der Waals surface area contributed by atoms with Gasteiger partial charge in [0, 0.05) is 32.6 Å². The van der Waals surface area contributed by atoms with E-state index in [0.717, 1.165) is 5.56 Å². The maximum absolute atomic E-state index is 12.2. The summed E-state index contributed by atoms with van der Waals surface area (Å²) in [7, 11) is -3.18. The molecule has 5 nitrogen and oxygen atoms in total. The molecule has 0 saturated carbocycles. The van der Waals surface area contributed by atoms with Crippen LogP contribution in [0.1, 0.15) is 12.0 Å². The molecule has 1 aromatic carbocycles. The van der Waals surface area contributed by atoms with E-state index >= 15 is 0 Å². The number of carbonyl (C=O) groups is 1. The van der Waals surface area contributed by atoms with Gasteiger partial charge in [-0.05, 0) is 18.1 Å². The van der Waals surface area contributed by atoms with Crippen LogP contribution in [0, 0.1) is 0 Å². The number of nitrogens with zero attached hydrogens (tertiary/aromatic N) is 2. The van der Waals surface area contributed by atoms with Gasteiger partial charge in [0.05, 0.1) is 16.3 Å². The van der Waals surface area contributed by atoms with Crippen molar-refractivity contribution in [3.8, 4) is 0 Å². The van der Waals surface area contributed by atoms with Crippen LogP contribution in [0.25, 0.3) is 0 Å². The smallest absolute Gasteiger partial charge is 0.222 e. The Morgan fingerprint density at radius 1 is 1.18 bits per heavy atom. The first kappa shape index (κ1) is 17.5. The fraction of sp³-hybridized carbons (Fsp3) is 0.500. The summed E-state index contributed by atoms with van der Waals surface area (Å²) in [5, 5.41) is 0.965. The maximum Gasteiger partial charge on any atom is 0.222 e. The van der Waals surface area contributed by atoms with Gasteiger partial charge in [-0.25, -0.2) is 8.42 Å². The summed E-state index contributed by atoms with van der Waals surface area (Å²) < 4.78 is 24.3. The number of hydrogen-bond acceptors (Lipinski definition) is 3. The summed E-state index contributed by atoms with van der Waals surface area (Å²) in [4.78, 5) is 13.9. The van der Waals surface area contributed by atoms with Crippen LogP contribution in [-0.4, -0.2) is 56.0 Å². The molecule has 0 aromatic heterocycles. The van der Waals surface area contributed by atoms with Crippen LogP contribution < -0.4 is 0 Å². The van der Waals surface area contributed by atoms with E-state index in [4.69, 9.17) is 23.2 Å². The van der Waals surface area contributed by atoms with E-state index in [9.17, 15) is 13.2 Å². The van der Waals surface area contributed by atoms with Gasteiger partial charge >= 0.3 is 0 Å². The van der Waals surface area contributed by atoms with Crippen molar-refractivity contribution < 1.29 is 13.2 Å². The fourth-order valence-electron chi connectivity index (χ4n) is 2.41. The molecular weight excluding hydrogens is 347 g/mol. The summed E-state index contributed by atoms with van der Waals surface area (Å²) in [6.07, 6.45) is 2.04. The Kier molecular flexibility index (Phi) is 5.71. The van der Waals surface area contributed by atoms with Crippen molar-refractivity contribution in [2.45, 2.75) is 12.8 Å². The molecule has 1 aliphatic rings. The monoisotopic (exact) mass is 364 g/mol. The van der Waals surface area contributed by atoms with Crippen LogP contribution in [0.5, 0.6) is 0 Å². The maximum atomic E-state index is 12.2. The van der Waals surface area contributed by atoms with E-state index in [0.29, 0.717) is 49.1 Å². The number of hydrogen-bond donors (Lipinski definition) is 0. The van der Waals surface area contributed by atoms with Crippen LogP contribution in [0.2, 0.25) is 10.0 Å². The Labute approximate surface area is 140 Å². The predicted octanol–water partition coefficient (Wildman–Crippen LogP) is 2.03. The third kappa shape index (κ3) is 4.35. The summed E-state index contributed by atoms with van der Waals surface area (Å²) in [6.45, 7) is 1.55. The van der Waals surface area contributed by atoms with Crippen LogP contribution in [0.4, 0.5) is 0 Å². The lowest BCUT2D eigenvalue weighted by Crippen LogP contribution is -2.50. The zero-order valence-electron chi connectivity index (χ0n) is 12.3. The molecule has 1 fully saturated rings. The average molecular weight is 365 g/mol. The molecule has 0 spiro atoms. The Morgan fingerprint density at radius 3 is 2.41 bits per heavy atom. The Bertz CT molecular complexity index is 656. The molecule has 0 unspecified atom stereocenters. The van der Waals surface area contributed by atoms with Crippen molar-refractivity contribution in [2.75, 3.05) is 32.4 Å². The zero-order valence-corrected chi connectivity index (χ0v) is 14.6. The van der Waals surface area contributed by atoms with E-state index in [2.05, 4.69) is 0 Å². The average Bonchev–Trinajstić information content (AvgIpc) is 2.48. The van der Waals surface area contributed by atoms with Crippen molar-refractivity contribution in [3.05, 3.63) is 33.8 Å². The minimum Gasteiger partial charge on any atom is -0.340 e. The SMILES string of the molecule is CS(=O)(=O)N1CCN(C(=O)CCc2cccc(Cl)c2Cl)CC1. The van der Waals surface area contributed by atoms with Gasteiger partial charge in [-0.2, -0.15) is 4.31 Å². The first-order chi connectivity index (χ1) is 10.3. The van der Waals surface area contributed by atoms with Crippen LogP contribution in [-0.2, 0) is 21.2 Å². The normalized spacial score (nSPS) is 16.8. The molecule has 22 heavy (non-hydrogen) atoms. The first-order valence-corrected chi connectivity index (χ1v) is 9.55. The van der Waals surface area contributed by atoms with Gasteiger partial charge in [0.2, 0.25) is 15.9 Å². The van der Waals surface area contributed by atoms with Gasteiger partial charge in [0.1, 0.15) is 0 Å². The Balaban J connectivity index is 1.88. The standard InChI is InChI=1S/C14H18Cl2N2O3S/c1-22(20,21)18-9-7-17(8-10-18)13(19)6-5-11-3-2-4-12(15)14(11)16/h2-4H,5-10H2,1H3. The van der Waals surface area contributed by atoms with Crippen molar-refractivity contribution >= 4 is 39.1 Å². The number of aryl methyl sites for hydroxylation is 1. The minimum absolute atomic E-state index is 0.00388. The molecule has 122 valence electrons. The second-order valence-electron chi connectivity index (χ2n) is 5.26. The van der Waals surface area contributed by atoms with E-state index in [1.165, 1.54) is 10.6 Å². The lowest BCUT2D eigenvalue weighted by molar-refractivity contribution is -0.132. The minimum atomic E-state index is -3.18. The fourth-order valence-corrected chi connectivity index (χ4v) is 3.65. The highest BCUT2D eigenvalue weighted by atomic mass is 35.5. The highest BCUT2D eigenvalue weighted by molar-refractivity contribution is 7.88. The molecule has 0 atom stereocenters. The molecule has 1 aliphatic heterocycles. The third-order valence-corrected chi connectivity index (χ3v) is 5.86. The van der Waals surface area contributed by atoms with Gasteiger partial charge in [0.25, 0.3) is 0 Å². The third-order valence-electron chi connectivity index (χ3n) is 3.70. The molecule has 0 aliphatic carbocycles. The van der Waals surface area contributed by atoms with Crippen molar-refractivity contribution in [3.63, 3.8) is 0 Å². The van der Waals surface area contributed by atoms with Gasteiger partial charge in [-0.3, -0.25) is 4.79 Å². The molecule has 1 heterocycles. The second kappa shape index (κ2) is 7.17. The van der Waals surface area contributed by atoms with Gasteiger partial charge in [-0.1, -0.05) is 35.3 Å². The molecule has 0 bridgehead atoms.